The highest BCUT2D eigenvalue weighted by Gasteiger charge is 2.24. The predicted molar refractivity (Wildman–Crippen MR) is 119 cm³/mol. The van der Waals surface area contributed by atoms with Gasteiger partial charge in [0.1, 0.15) is 11.8 Å². The van der Waals surface area contributed by atoms with Gasteiger partial charge in [0.2, 0.25) is 0 Å². The van der Waals surface area contributed by atoms with Crippen LogP contribution >= 0.6 is 27.5 Å². The zero-order valence-corrected chi connectivity index (χ0v) is 18.8. The van der Waals surface area contributed by atoms with Crippen LogP contribution in [0, 0.1) is 5.92 Å². The smallest absolute Gasteiger partial charge is 0.262 e. The fourth-order valence-electron chi connectivity index (χ4n) is 2.47. The minimum absolute atomic E-state index is 0.124. The van der Waals surface area contributed by atoms with Gasteiger partial charge in [-0.1, -0.05) is 25.4 Å². The molecule has 0 aliphatic heterocycles. The molecule has 2 aromatic carbocycles. The molecule has 0 aromatic heterocycles. The molecule has 0 radical (unpaired) electrons. The van der Waals surface area contributed by atoms with E-state index in [4.69, 9.17) is 16.3 Å². The summed E-state index contributed by atoms with van der Waals surface area (Å²) < 4.78 is 6.26. The first-order valence-electron chi connectivity index (χ1n) is 9.13. The fourth-order valence-corrected chi connectivity index (χ4v) is 3.11. The monoisotopic (exact) mass is 479 g/mol. The molecule has 0 saturated carbocycles. The van der Waals surface area contributed by atoms with E-state index in [1.807, 2.05) is 39.0 Å². The number of nitrogens with one attached hydrogen (secondary N) is 2. The minimum Gasteiger partial charge on any atom is -0.493 e. The third kappa shape index (κ3) is 6.87. The summed E-state index contributed by atoms with van der Waals surface area (Å²) in [4.78, 5) is 24.9. The van der Waals surface area contributed by atoms with Crippen LogP contribution < -0.4 is 15.5 Å². The molecule has 0 saturated heterocycles. The van der Waals surface area contributed by atoms with Crippen molar-refractivity contribution in [1.82, 2.24) is 10.7 Å². The quantitative estimate of drug-likeness (QED) is 0.434. The summed E-state index contributed by atoms with van der Waals surface area (Å²) in [7, 11) is 0. The Morgan fingerprint density at radius 3 is 2.48 bits per heavy atom. The lowest BCUT2D eigenvalue weighted by atomic mass is 10.0. The maximum atomic E-state index is 12.5. The third-order valence-corrected chi connectivity index (χ3v) is 4.86. The Balaban J connectivity index is 2.00. The van der Waals surface area contributed by atoms with Crippen molar-refractivity contribution in [3.8, 4) is 5.75 Å². The summed E-state index contributed by atoms with van der Waals surface area (Å²) in [5.74, 6) is -0.141. The van der Waals surface area contributed by atoms with E-state index >= 15 is 0 Å². The fraction of sp³-hybridized carbons (Fsp3) is 0.286. The van der Waals surface area contributed by atoms with Gasteiger partial charge < -0.3 is 10.1 Å². The Bertz CT molecular complexity index is 885. The topological polar surface area (TPSA) is 79.8 Å². The molecule has 6 nitrogen and oxygen atoms in total. The molecule has 2 rings (SSSR count). The van der Waals surface area contributed by atoms with Gasteiger partial charge in [0.25, 0.3) is 11.8 Å². The Kier molecular flexibility index (Phi) is 8.67. The van der Waals surface area contributed by atoms with Gasteiger partial charge in [-0.2, -0.15) is 5.10 Å². The van der Waals surface area contributed by atoms with Gasteiger partial charge >= 0.3 is 0 Å². The van der Waals surface area contributed by atoms with Crippen LogP contribution in [0.15, 0.2) is 52.0 Å². The number of rotatable bonds is 8. The van der Waals surface area contributed by atoms with Crippen molar-refractivity contribution in [1.29, 1.82) is 0 Å². The number of hydrazone groups is 1. The lowest BCUT2D eigenvalue weighted by Gasteiger charge is -2.20. The van der Waals surface area contributed by atoms with Crippen molar-refractivity contribution < 1.29 is 14.3 Å². The predicted octanol–water partition coefficient (Wildman–Crippen LogP) is 4.41. The zero-order chi connectivity index (χ0) is 21.4. The lowest BCUT2D eigenvalue weighted by Crippen LogP contribution is -2.48. The SMILES string of the molecule is CCOc1ccc(C=NNC(=O)C(NC(=O)c2ccc(Cl)cc2)C(C)C)cc1Br. The normalized spacial score (nSPS) is 12.1. The van der Waals surface area contributed by atoms with E-state index in [2.05, 4.69) is 31.8 Å². The first-order valence-corrected chi connectivity index (χ1v) is 10.3. The number of benzene rings is 2. The summed E-state index contributed by atoms with van der Waals surface area (Å²) in [6, 6.07) is 11.2. The maximum Gasteiger partial charge on any atom is 0.262 e. The van der Waals surface area contributed by atoms with E-state index in [-0.39, 0.29) is 11.8 Å². The molecule has 2 aromatic rings. The Labute approximate surface area is 183 Å². The molecule has 0 spiro atoms. The number of hydrogen-bond acceptors (Lipinski definition) is 4. The molecular weight excluding hydrogens is 458 g/mol. The van der Waals surface area contributed by atoms with E-state index in [1.54, 1.807) is 24.3 Å². The van der Waals surface area contributed by atoms with E-state index in [0.717, 1.165) is 15.8 Å². The van der Waals surface area contributed by atoms with Crippen LogP contribution in [-0.4, -0.2) is 30.7 Å². The Hall–Kier alpha value is -2.38. The molecular formula is C21H23BrClN3O3. The maximum absolute atomic E-state index is 12.5. The van der Waals surface area contributed by atoms with Crippen molar-refractivity contribution in [2.45, 2.75) is 26.8 Å². The van der Waals surface area contributed by atoms with Crippen molar-refractivity contribution in [3.05, 3.63) is 63.1 Å². The number of hydrogen-bond donors (Lipinski definition) is 2. The number of halogens is 2. The van der Waals surface area contributed by atoms with Crippen molar-refractivity contribution >= 4 is 45.6 Å². The van der Waals surface area contributed by atoms with E-state index < -0.39 is 11.9 Å². The number of carbonyl (C=O) groups excluding carboxylic acids is 2. The van der Waals surface area contributed by atoms with Crippen LogP contribution in [-0.2, 0) is 4.79 Å². The molecule has 29 heavy (non-hydrogen) atoms. The van der Waals surface area contributed by atoms with Gasteiger partial charge in [-0.25, -0.2) is 5.43 Å². The molecule has 1 atom stereocenters. The van der Waals surface area contributed by atoms with Gasteiger partial charge in [0, 0.05) is 10.6 Å². The molecule has 0 aliphatic rings. The Morgan fingerprint density at radius 2 is 1.90 bits per heavy atom. The van der Waals surface area contributed by atoms with Gasteiger partial charge in [-0.3, -0.25) is 9.59 Å². The average molecular weight is 481 g/mol. The van der Waals surface area contributed by atoms with Gasteiger partial charge in [0.15, 0.2) is 0 Å². The van der Waals surface area contributed by atoms with Crippen molar-refractivity contribution in [2.24, 2.45) is 11.0 Å². The van der Waals surface area contributed by atoms with Gasteiger partial charge in [-0.15, -0.1) is 0 Å². The molecule has 0 heterocycles. The Morgan fingerprint density at radius 1 is 1.21 bits per heavy atom. The largest absolute Gasteiger partial charge is 0.493 e. The molecule has 0 bridgehead atoms. The summed E-state index contributed by atoms with van der Waals surface area (Å²) in [5, 5.41) is 7.27. The number of ether oxygens (including phenoxy) is 1. The van der Waals surface area contributed by atoms with Crippen LogP contribution in [0.25, 0.3) is 0 Å². The standard InChI is InChI=1S/C21H23BrClN3O3/c1-4-29-18-10-5-14(11-17(18)22)12-24-26-21(28)19(13(2)3)25-20(27)15-6-8-16(23)9-7-15/h5-13,19H,4H2,1-3H3,(H,25,27)(H,26,28). The first-order chi connectivity index (χ1) is 13.8. The van der Waals surface area contributed by atoms with Crippen LogP contribution in [0.5, 0.6) is 5.75 Å². The zero-order valence-electron chi connectivity index (χ0n) is 16.4. The summed E-state index contributed by atoms with van der Waals surface area (Å²) in [5.41, 5.74) is 3.70. The molecule has 154 valence electrons. The summed E-state index contributed by atoms with van der Waals surface area (Å²) in [6.07, 6.45) is 1.52. The van der Waals surface area contributed by atoms with Crippen molar-refractivity contribution in [2.75, 3.05) is 6.61 Å². The molecule has 0 fully saturated rings. The van der Waals surface area contributed by atoms with Gasteiger partial charge in [-0.05, 0) is 76.8 Å². The third-order valence-electron chi connectivity index (χ3n) is 3.99. The van der Waals surface area contributed by atoms with E-state index in [9.17, 15) is 9.59 Å². The summed E-state index contributed by atoms with van der Waals surface area (Å²) >= 11 is 9.28. The highest BCUT2D eigenvalue weighted by Crippen LogP contribution is 2.25. The molecule has 1 unspecified atom stereocenters. The molecule has 2 N–H and O–H groups in total. The second-order valence-electron chi connectivity index (χ2n) is 6.56. The number of nitrogens with zero attached hydrogens (tertiary/aromatic N) is 1. The number of carbonyl (C=O) groups is 2. The second-order valence-corrected chi connectivity index (χ2v) is 7.85. The number of amides is 2. The second kappa shape index (κ2) is 11.0. The lowest BCUT2D eigenvalue weighted by molar-refractivity contribution is -0.123. The van der Waals surface area contributed by atoms with Crippen LogP contribution in [0.2, 0.25) is 5.02 Å². The van der Waals surface area contributed by atoms with E-state index in [1.165, 1.54) is 6.21 Å². The van der Waals surface area contributed by atoms with Crippen LogP contribution in [0.4, 0.5) is 0 Å². The molecule has 0 aliphatic carbocycles. The van der Waals surface area contributed by atoms with Crippen molar-refractivity contribution in [3.63, 3.8) is 0 Å². The minimum atomic E-state index is -0.734. The molecule has 2 amide bonds. The first kappa shape index (κ1) is 22.9. The average Bonchev–Trinajstić information content (AvgIpc) is 2.68. The molecule has 8 heteroatoms. The van der Waals surface area contributed by atoms with Crippen LogP contribution in [0.1, 0.15) is 36.7 Å². The summed E-state index contributed by atoms with van der Waals surface area (Å²) in [6.45, 7) is 6.17. The highest BCUT2D eigenvalue weighted by molar-refractivity contribution is 9.10. The highest BCUT2D eigenvalue weighted by atomic mass is 79.9. The van der Waals surface area contributed by atoms with Gasteiger partial charge in [0.05, 0.1) is 17.3 Å². The van der Waals surface area contributed by atoms with Crippen LogP contribution in [0.3, 0.4) is 0 Å². The van der Waals surface area contributed by atoms with E-state index in [0.29, 0.717) is 17.2 Å².